The smallest absolute Gasteiger partial charge is 0.123 e. The van der Waals surface area contributed by atoms with Gasteiger partial charge in [0.15, 0.2) is 0 Å². The molecule has 0 bridgehead atoms. The fourth-order valence-corrected chi connectivity index (χ4v) is 2.21. The second-order valence-corrected chi connectivity index (χ2v) is 4.15. The lowest BCUT2D eigenvalue weighted by Crippen LogP contribution is -2.34. The molecule has 1 aromatic rings. The van der Waals surface area contributed by atoms with Gasteiger partial charge in [0, 0.05) is 6.61 Å². The summed E-state index contributed by atoms with van der Waals surface area (Å²) in [6.45, 7) is 6.15. The second-order valence-electron chi connectivity index (χ2n) is 4.15. The van der Waals surface area contributed by atoms with E-state index < -0.39 is 0 Å². The first-order valence-corrected chi connectivity index (χ1v) is 5.71. The molecule has 3 heteroatoms. The predicted octanol–water partition coefficient (Wildman–Crippen LogP) is 2.36. The number of hydrogen-bond donors (Lipinski definition) is 1. The Morgan fingerprint density at radius 3 is 3.00 bits per heavy atom. The van der Waals surface area contributed by atoms with E-state index in [0.717, 1.165) is 25.3 Å². The van der Waals surface area contributed by atoms with Crippen LogP contribution in [-0.4, -0.2) is 19.3 Å². The molecule has 0 spiro atoms. The van der Waals surface area contributed by atoms with Crippen LogP contribution in [0.5, 0.6) is 0 Å². The summed E-state index contributed by atoms with van der Waals surface area (Å²) in [6.07, 6.45) is 3.11. The van der Waals surface area contributed by atoms with Crippen molar-refractivity contribution in [2.75, 3.05) is 13.2 Å². The Kier molecular flexibility index (Phi) is 3.44. The molecule has 0 saturated carbocycles. The molecule has 0 aliphatic carbocycles. The molecule has 2 heterocycles. The minimum atomic E-state index is 0.197. The molecule has 1 aromatic heterocycles. The number of hydrogen-bond acceptors (Lipinski definition) is 3. The van der Waals surface area contributed by atoms with Gasteiger partial charge in [-0.1, -0.05) is 13.8 Å². The Balaban J connectivity index is 2.12. The van der Waals surface area contributed by atoms with Gasteiger partial charge in [-0.2, -0.15) is 0 Å². The van der Waals surface area contributed by atoms with Gasteiger partial charge in [0.2, 0.25) is 0 Å². The van der Waals surface area contributed by atoms with E-state index in [0.29, 0.717) is 5.92 Å². The van der Waals surface area contributed by atoms with Gasteiger partial charge in [-0.15, -0.1) is 0 Å². The molecule has 3 unspecified atom stereocenters. The molecule has 15 heavy (non-hydrogen) atoms. The van der Waals surface area contributed by atoms with Gasteiger partial charge in [-0.3, -0.25) is 0 Å². The van der Waals surface area contributed by atoms with Gasteiger partial charge < -0.3 is 14.5 Å². The molecule has 0 aromatic carbocycles. The highest BCUT2D eigenvalue weighted by atomic mass is 16.5. The van der Waals surface area contributed by atoms with Crippen molar-refractivity contribution in [2.24, 2.45) is 5.92 Å². The van der Waals surface area contributed by atoms with Crippen LogP contribution in [0.4, 0.5) is 0 Å². The van der Waals surface area contributed by atoms with Gasteiger partial charge in [-0.25, -0.2) is 0 Å². The minimum Gasteiger partial charge on any atom is -0.468 e. The Bertz CT molecular complexity index is 284. The van der Waals surface area contributed by atoms with Gasteiger partial charge in [0.05, 0.1) is 18.4 Å². The SMILES string of the molecule is CCNC(c1ccco1)C1OCCC1C. The third kappa shape index (κ3) is 2.24. The summed E-state index contributed by atoms with van der Waals surface area (Å²) >= 11 is 0. The highest BCUT2D eigenvalue weighted by Gasteiger charge is 2.33. The van der Waals surface area contributed by atoms with E-state index in [9.17, 15) is 0 Å². The largest absolute Gasteiger partial charge is 0.468 e. The van der Waals surface area contributed by atoms with E-state index in [-0.39, 0.29) is 12.1 Å². The summed E-state index contributed by atoms with van der Waals surface area (Å²) in [6, 6.07) is 4.14. The minimum absolute atomic E-state index is 0.197. The Morgan fingerprint density at radius 2 is 2.47 bits per heavy atom. The zero-order chi connectivity index (χ0) is 10.7. The van der Waals surface area contributed by atoms with E-state index in [1.807, 2.05) is 12.1 Å². The van der Waals surface area contributed by atoms with E-state index in [4.69, 9.17) is 9.15 Å². The predicted molar refractivity (Wildman–Crippen MR) is 58.6 cm³/mol. The van der Waals surface area contributed by atoms with Crippen molar-refractivity contribution in [3.63, 3.8) is 0 Å². The molecule has 3 nitrogen and oxygen atoms in total. The molecule has 0 amide bonds. The number of likely N-dealkylation sites (N-methyl/N-ethyl adjacent to an activating group) is 1. The first-order chi connectivity index (χ1) is 7.33. The molecular formula is C12H19NO2. The molecule has 1 N–H and O–H groups in total. The van der Waals surface area contributed by atoms with Crippen LogP contribution in [0.15, 0.2) is 22.8 Å². The third-order valence-corrected chi connectivity index (χ3v) is 3.05. The normalized spacial score (nSPS) is 28.1. The molecule has 2 rings (SSSR count). The number of furan rings is 1. The topological polar surface area (TPSA) is 34.4 Å². The van der Waals surface area contributed by atoms with Crippen LogP contribution in [-0.2, 0) is 4.74 Å². The monoisotopic (exact) mass is 209 g/mol. The van der Waals surface area contributed by atoms with E-state index in [1.165, 1.54) is 0 Å². The Labute approximate surface area is 90.8 Å². The van der Waals surface area contributed by atoms with Crippen molar-refractivity contribution in [1.82, 2.24) is 5.32 Å². The number of ether oxygens (including phenoxy) is 1. The maximum Gasteiger partial charge on any atom is 0.123 e. The van der Waals surface area contributed by atoms with Crippen LogP contribution in [0.3, 0.4) is 0 Å². The molecule has 84 valence electrons. The van der Waals surface area contributed by atoms with Crippen LogP contribution in [0.2, 0.25) is 0 Å². The highest BCUT2D eigenvalue weighted by molar-refractivity contribution is 5.08. The van der Waals surface area contributed by atoms with Crippen molar-refractivity contribution >= 4 is 0 Å². The van der Waals surface area contributed by atoms with Gasteiger partial charge in [-0.05, 0) is 31.0 Å². The summed E-state index contributed by atoms with van der Waals surface area (Å²) < 4.78 is 11.2. The van der Waals surface area contributed by atoms with Crippen molar-refractivity contribution in [3.8, 4) is 0 Å². The maximum atomic E-state index is 5.78. The van der Waals surface area contributed by atoms with Crippen LogP contribution < -0.4 is 5.32 Å². The van der Waals surface area contributed by atoms with Crippen LogP contribution in [0.25, 0.3) is 0 Å². The van der Waals surface area contributed by atoms with Crippen molar-refractivity contribution in [3.05, 3.63) is 24.2 Å². The van der Waals surface area contributed by atoms with Crippen LogP contribution in [0.1, 0.15) is 32.1 Å². The molecule has 0 radical (unpaired) electrons. The van der Waals surface area contributed by atoms with Crippen molar-refractivity contribution < 1.29 is 9.15 Å². The molecule has 1 saturated heterocycles. The summed E-state index contributed by atoms with van der Waals surface area (Å²) in [5.74, 6) is 1.58. The third-order valence-electron chi connectivity index (χ3n) is 3.05. The van der Waals surface area contributed by atoms with Crippen molar-refractivity contribution in [1.29, 1.82) is 0 Å². The van der Waals surface area contributed by atoms with E-state index in [2.05, 4.69) is 19.2 Å². The van der Waals surface area contributed by atoms with Gasteiger partial charge in [0.25, 0.3) is 0 Å². The van der Waals surface area contributed by atoms with E-state index >= 15 is 0 Å². The van der Waals surface area contributed by atoms with Crippen LogP contribution in [0, 0.1) is 5.92 Å². The summed E-state index contributed by atoms with van der Waals surface area (Å²) in [5, 5.41) is 3.44. The lowest BCUT2D eigenvalue weighted by atomic mass is 9.96. The molecular weight excluding hydrogens is 190 g/mol. The summed E-state index contributed by atoms with van der Waals surface area (Å²) in [4.78, 5) is 0. The summed E-state index contributed by atoms with van der Waals surface area (Å²) in [7, 11) is 0. The average molecular weight is 209 g/mol. The lowest BCUT2D eigenvalue weighted by molar-refractivity contribution is 0.0544. The van der Waals surface area contributed by atoms with Crippen molar-refractivity contribution in [2.45, 2.75) is 32.4 Å². The molecule has 1 aliphatic heterocycles. The second kappa shape index (κ2) is 4.81. The quantitative estimate of drug-likeness (QED) is 0.826. The highest BCUT2D eigenvalue weighted by Crippen LogP contribution is 2.31. The Hall–Kier alpha value is -0.800. The van der Waals surface area contributed by atoms with Crippen LogP contribution >= 0.6 is 0 Å². The van der Waals surface area contributed by atoms with Gasteiger partial charge >= 0.3 is 0 Å². The first-order valence-electron chi connectivity index (χ1n) is 5.71. The average Bonchev–Trinajstić information content (AvgIpc) is 2.85. The fourth-order valence-electron chi connectivity index (χ4n) is 2.21. The van der Waals surface area contributed by atoms with E-state index in [1.54, 1.807) is 6.26 Å². The molecule has 1 aliphatic rings. The Morgan fingerprint density at radius 1 is 1.60 bits per heavy atom. The zero-order valence-corrected chi connectivity index (χ0v) is 9.40. The molecule has 3 atom stereocenters. The fraction of sp³-hybridized carbons (Fsp3) is 0.667. The number of nitrogens with one attached hydrogen (secondary N) is 1. The molecule has 1 fully saturated rings. The maximum absolute atomic E-state index is 5.78. The first kappa shape index (κ1) is 10.7. The standard InChI is InChI=1S/C12H19NO2/c1-3-13-11(10-5-4-7-14-10)12-9(2)6-8-15-12/h4-5,7,9,11-13H,3,6,8H2,1-2H3. The zero-order valence-electron chi connectivity index (χ0n) is 9.40. The summed E-state index contributed by atoms with van der Waals surface area (Å²) in [5.41, 5.74) is 0. The number of rotatable bonds is 4. The van der Waals surface area contributed by atoms with Gasteiger partial charge in [0.1, 0.15) is 5.76 Å². The lowest BCUT2D eigenvalue weighted by Gasteiger charge is -2.25.